The summed E-state index contributed by atoms with van der Waals surface area (Å²) in [5, 5.41) is -0.190. The third-order valence-electron chi connectivity index (χ3n) is 4.73. The molecule has 0 radical (unpaired) electrons. The van der Waals surface area contributed by atoms with E-state index >= 15 is 0 Å². The van der Waals surface area contributed by atoms with Crippen LogP contribution in [0.5, 0.6) is 0 Å². The van der Waals surface area contributed by atoms with E-state index in [4.69, 9.17) is 23.2 Å². The minimum atomic E-state index is -3.47. The molecule has 1 amide bonds. The first-order valence-electron chi connectivity index (χ1n) is 8.46. The number of halogens is 3. The Balaban J connectivity index is 1.79. The lowest BCUT2D eigenvalue weighted by atomic mass is 10.1. The lowest BCUT2D eigenvalue weighted by Crippen LogP contribution is -2.35. The fourth-order valence-electron chi connectivity index (χ4n) is 3.24. The van der Waals surface area contributed by atoms with Crippen LogP contribution in [-0.4, -0.2) is 38.1 Å². The maximum Gasteiger partial charge on any atom is 0.227 e. The Morgan fingerprint density at radius 2 is 1.78 bits per heavy atom. The van der Waals surface area contributed by atoms with E-state index in [1.54, 1.807) is 24.3 Å². The van der Waals surface area contributed by atoms with Crippen molar-refractivity contribution in [2.45, 2.75) is 18.1 Å². The lowest BCUT2D eigenvalue weighted by Gasteiger charge is -2.20. The van der Waals surface area contributed by atoms with Crippen molar-refractivity contribution in [2.75, 3.05) is 18.8 Å². The topological polar surface area (TPSA) is 54.5 Å². The van der Waals surface area contributed by atoms with Gasteiger partial charge in [-0.05, 0) is 30.2 Å². The van der Waals surface area contributed by atoms with Gasteiger partial charge in [0.05, 0.1) is 17.4 Å². The molecule has 0 aliphatic carbocycles. The summed E-state index contributed by atoms with van der Waals surface area (Å²) in [7, 11) is -3.47. The Kier molecular flexibility index (Phi) is 6.08. The monoisotopic (exact) mass is 429 g/mol. The molecule has 1 saturated heterocycles. The van der Waals surface area contributed by atoms with E-state index in [1.807, 2.05) is 0 Å². The highest BCUT2D eigenvalue weighted by Gasteiger charge is 2.33. The molecule has 0 saturated carbocycles. The SMILES string of the molecule is O=C(Cc1c(F)cccc1Cl)N1CCC(c2ccccc2Cl)S(=O)(=O)CC1. The number of nitrogens with zero attached hydrogens (tertiary/aromatic N) is 1. The van der Waals surface area contributed by atoms with E-state index in [-0.39, 0.29) is 48.2 Å². The number of amides is 1. The van der Waals surface area contributed by atoms with Crippen LogP contribution in [0.4, 0.5) is 4.39 Å². The molecule has 1 heterocycles. The fraction of sp³-hybridized carbons (Fsp3) is 0.316. The maximum atomic E-state index is 13.9. The highest BCUT2D eigenvalue weighted by Crippen LogP contribution is 2.34. The van der Waals surface area contributed by atoms with Crippen molar-refractivity contribution in [1.29, 1.82) is 0 Å². The Morgan fingerprint density at radius 3 is 2.48 bits per heavy atom. The molecule has 1 aliphatic heterocycles. The molecule has 4 nitrogen and oxygen atoms in total. The van der Waals surface area contributed by atoms with Crippen LogP contribution < -0.4 is 0 Å². The summed E-state index contributed by atoms with van der Waals surface area (Å²) in [6.07, 6.45) is 0.0329. The zero-order chi connectivity index (χ0) is 19.6. The van der Waals surface area contributed by atoms with Gasteiger partial charge in [-0.1, -0.05) is 47.5 Å². The normalized spacial score (nSPS) is 19.5. The fourth-order valence-corrected chi connectivity index (χ4v) is 5.62. The average molecular weight is 430 g/mol. The van der Waals surface area contributed by atoms with Crippen LogP contribution in [-0.2, 0) is 21.1 Å². The van der Waals surface area contributed by atoms with Crippen LogP contribution in [0.3, 0.4) is 0 Å². The van der Waals surface area contributed by atoms with Crippen LogP contribution in [0.2, 0.25) is 10.0 Å². The number of hydrogen-bond acceptors (Lipinski definition) is 3. The van der Waals surface area contributed by atoms with Crippen molar-refractivity contribution < 1.29 is 17.6 Å². The van der Waals surface area contributed by atoms with Gasteiger partial charge >= 0.3 is 0 Å². The largest absolute Gasteiger partial charge is 0.341 e. The van der Waals surface area contributed by atoms with Gasteiger partial charge in [-0.3, -0.25) is 4.79 Å². The minimum absolute atomic E-state index is 0.0637. The second-order valence-electron chi connectivity index (χ2n) is 6.42. The molecule has 1 aliphatic rings. The average Bonchev–Trinajstić information content (AvgIpc) is 2.77. The van der Waals surface area contributed by atoms with Crippen LogP contribution in [0.15, 0.2) is 42.5 Å². The van der Waals surface area contributed by atoms with Gasteiger partial charge in [0.1, 0.15) is 5.82 Å². The molecular formula is C19H18Cl2FNO3S. The standard InChI is InChI=1S/C19H18Cl2FNO3S/c20-15-5-2-1-4-13(15)18-8-9-23(10-11-27(18,25)26)19(24)12-14-16(21)6-3-7-17(14)22/h1-7,18H,8-12H2. The Labute approximate surface area is 167 Å². The number of rotatable bonds is 3. The summed E-state index contributed by atoms with van der Waals surface area (Å²) in [5.41, 5.74) is 0.671. The van der Waals surface area contributed by atoms with Crippen LogP contribution >= 0.6 is 23.2 Å². The van der Waals surface area contributed by atoms with Crippen molar-refractivity contribution in [3.05, 3.63) is 69.5 Å². The van der Waals surface area contributed by atoms with Gasteiger partial charge < -0.3 is 4.90 Å². The van der Waals surface area contributed by atoms with Gasteiger partial charge in [0.25, 0.3) is 0 Å². The van der Waals surface area contributed by atoms with E-state index in [0.29, 0.717) is 10.6 Å². The molecular weight excluding hydrogens is 412 g/mol. The highest BCUT2D eigenvalue weighted by molar-refractivity contribution is 7.91. The van der Waals surface area contributed by atoms with Gasteiger partial charge in [0.2, 0.25) is 5.91 Å². The maximum absolute atomic E-state index is 13.9. The second kappa shape index (κ2) is 8.17. The smallest absolute Gasteiger partial charge is 0.227 e. The van der Waals surface area contributed by atoms with E-state index in [1.165, 1.54) is 23.1 Å². The third-order valence-corrected chi connectivity index (χ3v) is 7.54. The van der Waals surface area contributed by atoms with E-state index in [9.17, 15) is 17.6 Å². The van der Waals surface area contributed by atoms with Gasteiger partial charge in [-0.2, -0.15) is 0 Å². The molecule has 2 aromatic carbocycles. The summed E-state index contributed by atoms with van der Waals surface area (Å²) < 4.78 is 39.4. The predicted octanol–water partition coefficient (Wildman–Crippen LogP) is 4.06. The molecule has 1 unspecified atom stereocenters. The Morgan fingerprint density at radius 1 is 1.07 bits per heavy atom. The van der Waals surface area contributed by atoms with Crippen molar-refractivity contribution >= 4 is 38.9 Å². The van der Waals surface area contributed by atoms with E-state index in [0.717, 1.165) is 0 Å². The molecule has 0 spiro atoms. The minimum Gasteiger partial charge on any atom is -0.341 e. The Hall–Kier alpha value is -1.63. The zero-order valence-electron chi connectivity index (χ0n) is 14.4. The molecule has 144 valence electrons. The second-order valence-corrected chi connectivity index (χ2v) is 9.54. The number of carbonyl (C=O) groups is 1. The van der Waals surface area contributed by atoms with E-state index < -0.39 is 20.9 Å². The summed E-state index contributed by atoms with van der Waals surface area (Å²) in [6.45, 7) is 0.314. The Bertz CT molecular complexity index is 945. The first-order chi connectivity index (χ1) is 12.8. The number of carbonyl (C=O) groups excluding carboxylic acids is 1. The summed E-state index contributed by atoms with van der Waals surface area (Å²) in [5.74, 6) is -1.07. The highest BCUT2D eigenvalue weighted by atomic mass is 35.5. The molecule has 3 rings (SSSR count). The van der Waals surface area contributed by atoms with Crippen LogP contribution in [0.25, 0.3) is 0 Å². The summed E-state index contributed by atoms with van der Waals surface area (Å²) in [4.78, 5) is 14.1. The first-order valence-corrected chi connectivity index (χ1v) is 10.9. The van der Waals surface area contributed by atoms with Crippen molar-refractivity contribution in [1.82, 2.24) is 4.90 Å². The molecule has 1 atom stereocenters. The van der Waals surface area contributed by atoms with Crippen molar-refractivity contribution in [2.24, 2.45) is 0 Å². The van der Waals surface area contributed by atoms with Gasteiger partial charge in [0.15, 0.2) is 9.84 Å². The molecule has 0 bridgehead atoms. The first kappa shape index (κ1) is 20.1. The number of benzene rings is 2. The third kappa shape index (κ3) is 4.45. The zero-order valence-corrected chi connectivity index (χ0v) is 16.7. The van der Waals surface area contributed by atoms with Crippen LogP contribution in [0.1, 0.15) is 22.8 Å². The predicted molar refractivity (Wildman–Crippen MR) is 104 cm³/mol. The van der Waals surface area contributed by atoms with Crippen molar-refractivity contribution in [3.8, 4) is 0 Å². The summed E-state index contributed by atoms with van der Waals surface area (Å²) in [6, 6.07) is 11.1. The van der Waals surface area contributed by atoms with Crippen LogP contribution in [0, 0.1) is 5.82 Å². The molecule has 0 aromatic heterocycles. The van der Waals surface area contributed by atoms with Gasteiger partial charge in [0, 0.05) is 28.7 Å². The lowest BCUT2D eigenvalue weighted by molar-refractivity contribution is -0.130. The van der Waals surface area contributed by atoms with E-state index in [2.05, 4.69) is 0 Å². The molecule has 27 heavy (non-hydrogen) atoms. The number of hydrogen-bond donors (Lipinski definition) is 0. The summed E-state index contributed by atoms with van der Waals surface area (Å²) >= 11 is 12.2. The van der Waals surface area contributed by atoms with Gasteiger partial charge in [-0.15, -0.1) is 0 Å². The quantitative estimate of drug-likeness (QED) is 0.738. The van der Waals surface area contributed by atoms with Gasteiger partial charge in [-0.25, -0.2) is 12.8 Å². The van der Waals surface area contributed by atoms with Crippen molar-refractivity contribution in [3.63, 3.8) is 0 Å². The molecule has 8 heteroatoms. The molecule has 0 N–H and O–H groups in total. The molecule has 1 fully saturated rings. The molecule has 2 aromatic rings. The number of sulfone groups is 1.